The molecule has 0 aromatic carbocycles. The van der Waals surface area contributed by atoms with Crippen LogP contribution in [-0.4, -0.2) is 30.6 Å². The molecule has 0 bridgehead atoms. The van der Waals surface area contributed by atoms with Crippen LogP contribution in [0.5, 0.6) is 5.75 Å². The number of halogens is 1. The van der Waals surface area contributed by atoms with Crippen molar-refractivity contribution in [1.82, 2.24) is 10.3 Å². The number of ether oxygens (including phenoxy) is 1. The molecule has 1 aromatic heterocycles. The van der Waals surface area contributed by atoms with Crippen LogP contribution in [0.25, 0.3) is 0 Å². The lowest BCUT2D eigenvalue weighted by Gasteiger charge is -2.26. The van der Waals surface area contributed by atoms with Crippen molar-refractivity contribution < 1.29 is 14.3 Å². The first kappa shape index (κ1) is 11.7. The van der Waals surface area contributed by atoms with Gasteiger partial charge in [-0.15, -0.1) is 0 Å². The van der Waals surface area contributed by atoms with Crippen molar-refractivity contribution >= 4 is 29.4 Å². The van der Waals surface area contributed by atoms with Crippen LogP contribution in [-0.2, 0) is 4.79 Å². The van der Waals surface area contributed by atoms with E-state index < -0.39 is 6.03 Å². The molecule has 0 atom stereocenters. The van der Waals surface area contributed by atoms with Crippen LogP contribution in [0.3, 0.4) is 0 Å². The van der Waals surface area contributed by atoms with Gasteiger partial charge in [0.25, 0.3) is 0 Å². The van der Waals surface area contributed by atoms with Gasteiger partial charge in [0.05, 0.1) is 7.11 Å². The van der Waals surface area contributed by atoms with E-state index in [9.17, 15) is 9.59 Å². The number of carbonyl (C=O) groups excluding carboxylic acids is 2. The lowest BCUT2D eigenvalue weighted by molar-refractivity contribution is -0.120. The zero-order valence-corrected chi connectivity index (χ0v) is 9.82. The summed E-state index contributed by atoms with van der Waals surface area (Å²) in [6, 6.07) is 2.67. The Morgan fingerprint density at radius 1 is 1.47 bits per heavy atom. The average molecular weight is 256 g/mol. The van der Waals surface area contributed by atoms with Gasteiger partial charge >= 0.3 is 6.03 Å². The second kappa shape index (κ2) is 4.58. The number of nitrogens with zero attached hydrogens (tertiary/aromatic N) is 2. The fourth-order valence-electron chi connectivity index (χ4n) is 1.53. The van der Waals surface area contributed by atoms with Crippen LogP contribution < -0.4 is 15.0 Å². The Kier molecular flexibility index (Phi) is 3.14. The lowest BCUT2D eigenvalue weighted by atomic mass is 10.3. The summed E-state index contributed by atoms with van der Waals surface area (Å²) in [5.41, 5.74) is 0. The maximum Gasteiger partial charge on any atom is 0.329 e. The minimum atomic E-state index is -0.519. The number of urea groups is 1. The number of rotatable bonds is 2. The fraction of sp³-hybridized carbons (Fsp3) is 0.300. The first-order chi connectivity index (χ1) is 8.11. The molecule has 3 amide bonds. The van der Waals surface area contributed by atoms with E-state index in [1.165, 1.54) is 12.0 Å². The van der Waals surface area contributed by atoms with Crippen LogP contribution in [0.15, 0.2) is 12.1 Å². The SMILES string of the molecule is COc1ccc(Cl)nc1N1CCC(=O)NC1=O. The van der Waals surface area contributed by atoms with Gasteiger partial charge in [-0.1, -0.05) is 11.6 Å². The van der Waals surface area contributed by atoms with Crippen LogP contribution in [0, 0.1) is 0 Å². The Morgan fingerprint density at radius 2 is 2.24 bits per heavy atom. The number of hydrogen-bond donors (Lipinski definition) is 1. The van der Waals surface area contributed by atoms with E-state index in [1.807, 2.05) is 0 Å². The fourth-order valence-corrected chi connectivity index (χ4v) is 1.67. The molecule has 0 radical (unpaired) electrons. The number of imide groups is 1. The van der Waals surface area contributed by atoms with Gasteiger partial charge in [-0.25, -0.2) is 9.78 Å². The molecule has 1 saturated heterocycles. The summed E-state index contributed by atoms with van der Waals surface area (Å²) >= 11 is 5.78. The zero-order chi connectivity index (χ0) is 12.4. The van der Waals surface area contributed by atoms with E-state index >= 15 is 0 Å². The summed E-state index contributed by atoms with van der Waals surface area (Å²) in [5.74, 6) is 0.441. The first-order valence-electron chi connectivity index (χ1n) is 4.93. The summed E-state index contributed by atoms with van der Waals surface area (Å²) < 4.78 is 5.10. The normalized spacial score (nSPS) is 15.8. The van der Waals surface area contributed by atoms with Gasteiger partial charge in [0.1, 0.15) is 5.15 Å². The molecule has 0 unspecified atom stereocenters. The molecule has 1 aliphatic heterocycles. The van der Waals surface area contributed by atoms with Gasteiger partial charge in [0.2, 0.25) is 5.91 Å². The van der Waals surface area contributed by atoms with E-state index in [4.69, 9.17) is 16.3 Å². The van der Waals surface area contributed by atoms with Crippen molar-refractivity contribution in [2.45, 2.75) is 6.42 Å². The van der Waals surface area contributed by atoms with E-state index in [0.29, 0.717) is 11.6 Å². The molecule has 0 spiro atoms. The number of aromatic nitrogens is 1. The molecular formula is C10H10ClN3O3. The van der Waals surface area contributed by atoms with Gasteiger partial charge in [-0.3, -0.25) is 15.0 Å². The Labute approximate surface area is 103 Å². The summed E-state index contributed by atoms with van der Waals surface area (Å²) in [5, 5.41) is 2.46. The monoisotopic (exact) mass is 255 g/mol. The quantitative estimate of drug-likeness (QED) is 0.806. The third-order valence-electron chi connectivity index (χ3n) is 2.33. The van der Waals surface area contributed by atoms with E-state index in [1.54, 1.807) is 12.1 Å². The van der Waals surface area contributed by atoms with Gasteiger partial charge in [0.15, 0.2) is 11.6 Å². The van der Waals surface area contributed by atoms with Crippen molar-refractivity contribution in [2.24, 2.45) is 0 Å². The third-order valence-corrected chi connectivity index (χ3v) is 2.55. The maximum atomic E-state index is 11.6. The second-order valence-electron chi connectivity index (χ2n) is 3.41. The molecular weight excluding hydrogens is 246 g/mol. The Hall–Kier alpha value is -1.82. The van der Waals surface area contributed by atoms with E-state index in [-0.39, 0.29) is 24.0 Å². The number of nitrogens with one attached hydrogen (secondary N) is 1. The number of methoxy groups -OCH3 is 1. The third kappa shape index (κ3) is 2.31. The van der Waals surface area contributed by atoms with Crippen molar-refractivity contribution in [3.8, 4) is 5.75 Å². The van der Waals surface area contributed by atoms with Gasteiger partial charge in [-0.05, 0) is 12.1 Å². The molecule has 90 valence electrons. The number of pyridine rings is 1. The predicted octanol–water partition coefficient (Wildman–Crippen LogP) is 1.19. The highest BCUT2D eigenvalue weighted by Gasteiger charge is 2.27. The summed E-state index contributed by atoms with van der Waals surface area (Å²) in [6.45, 7) is 0.258. The number of hydrogen-bond acceptors (Lipinski definition) is 4. The topological polar surface area (TPSA) is 71.5 Å². The highest BCUT2D eigenvalue weighted by atomic mass is 35.5. The lowest BCUT2D eigenvalue weighted by Crippen LogP contribution is -2.50. The van der Waals surface area contributed by atoms with Gasteiger partial charge in [0, 0.05) is 13.0 Å². The Balaban J connectivity index is 2.35. The molecule has 17 heavy (non-hydrogen) atoms. The van der Waals surface area contributed by atoms with Crippen LogP contribution >= 0.6 is 11.6 Å². The number of amides is 3. The van der Waals surface area contributed by atoms with E-state index in [2.05, 4.69) is 10.3 Å². The average Bonchev–Trinajstić information content (AvgIpc) is 2.29. The number of anilines is 1. The van der Waals surface area contributed by atoms with Gasteiger partial charge in [-0.2, -0.15) is 0 Å². The van der Waals surface area contributed by atoms with Crippen molar-refractivity contribution in [3.05, 3.63) is 17.3 Å². The molecule has 1 fully saturated rings. The molecule has 2 heterocycles. The standard InChI is InChI=1S/C10H10ClN3O3/c1-17-6-2-3-7(11)12-9(6)14-5-4-8(15)13-10(14)16/h2-3H,4-5H2,1H3,(H,13,15,16). The molecule has 1 aliphatic rings. The molecule has 1 aromatic rings. The van der Waals surface area contributed by atoms with Crippen molar-refractivity contribution in [1.29, 1.82) is 0 Å². The minimum Gasteiger partial charge on any atom is -0.493 e. The Morgan fingerprint density at radius 3 is 2.88 bits per heavy atom. The maximum absolute atomic E-state index is 11.6. The van der Waals surface area contributed by atoms with Crippen molar-refractivity contribution in [3.63, 3.8) is 0 Å². The molecule has 0 aliphatic carbocycles. The largest absolute Gasteiger partial charge is 0.493 e. The van der Waals surface area contributed by atoms with Crippen LogP contribution in [0.1, 0.15) is 6.42 Å². The molecule has 6 nitrogen and oxygen atoms in total. The van der Waals surface area contributed by atoms with E-state index in [0.717, 1.165) is 0 Å². The van der Waals surface area contributed by atoms with Crippen LogP contribution in [0.4, 0.5) is 10.6 Å². The highest BCUT2D eigenvalue weighted by Crippen LogP contribution is 2.28. The summed E-state index contributed by atoms with van der Waals surface area (Å²) in [7, 11) is 1.47. The first-order valence-corrected chi connectivity index (χ1v) is 5.31. The molecule has 2 rings (SSSR count). The second-order valence-corrected chi connectivity index (χ2v) is 3.80. The predicted molar refractivity (Wildman–Crippen MR) is 61.3 cm³/mol. The zero-order valence-electron chi connectivity index (χ0n) is 9.07. The smallest absolute Gasteiger partial charge is 0.329 e. The van der Waals surface area contributed by atoms with Crippen LogP contribution in [0.2, 0.25) is 5.15 Å². The molecule has 7 heteroatoms. The summed E-state index contributed by atoms with van der Waals surface area (Å²) in [6.07, 6.45) is 0.225. The molecule has 1 N–H and O–H groups in total. The minimum absolute atomic E-state index is 0.225. The van der Waals surface area contributed by atoms with Gasteiger partial charge < -0.3 is 4.74 Å². The number of carbonyl (C=O) groups is 2. The Bertz CT molecular complexity index is 478. The molecule has 0 saturated carbocycles. The highest BCUT2D eigenvalue weighted by molar-refractivity contribution is 6.29. The summed E-state index contributed by atoms with van der Waals surface area (Å²) in [4.78, 5) is 28.0. The van der Waals surface area contributed by atoms with Crippen molar-refractivity contribution in [2.75, 3.05) is 18.6 Å².